The molecule has 1 unspecified atom stereocenters. The lowest BCUT2D eigenvalue weighted by atomic mass is 10.1. The maximum atomic E-state index is 13.4. The van der Waals surface area contributed by atoms with E-state index in [0.29, 0.717) is 5.56 Å². The average Bonchev–Trinajstić information content (AvgIpc) is 2.16. The van der Waals surface area contributed by atoms with Crippen LogP contribution in [0.4, 0.5) is 4.39 Å². The van der Waals surface area contributed by atoms with Gasteiger partial charge in [-0.1, -0.05) is 6.07 Å². The molecule has 0 saturated carbocycles. The molecule has 3 N–H and O–H groups in total. The van der Waals surface area contributed by atoms with Crippen molar-refractivity contribution in [2.45, 2.75) is 26.0 Å². The molecule has 16 heavy (non-hydrogen) atoms. The van der Waals surface area contributed by atoms with Gasteiger partial charge in [-0.15, -0.1) is 0 Å². The summed E-state index contributed by atoms with van der Waals surface area (Å²) >= 11 is 0. The molecule has 0 radical (unpaired) electrons. The van der Waals surface area contributed by atoms with Gasteiger partial charge in [-0.3, -0.25) is 0 Å². The van der Waals surface area contributed by atoms with Gasteiger partial charge < -0.3 is 15.6 Å². The monoisotopic (exact) mass is 227 g/mol. The van der Waals surface area contributed by atoms with Crippen molar-refractivity contribution in [3.05, 3.63) is 29.6 Å². The second-order valence-electron chi connectivity index (χ2n) is 3.57. The van der Waals surface area contributed by atoms with Crippen molar-refractivity contribution in [3.63, 3.8) is 0 Å². The standard InChI is InChI=1S/C11H14FNO3/c1-6(13)9-4-3-8(5-10(9)12)16-7(2)11(14)15/h3-7H,13H2,1-2H3,(H,14,15)/t6-,7?/m0/s1. The van der Waals surface area contributed by atoms with E-state index >= 15 is 0 Å². The summed E-state index contributed by atoms with van der Waals surface area (Å²) in [5, 5.41) is 8.62. The van der Waals surface area contributed by atoms with E-state index in [1.54, 1.807) is 6.92 Å². The fourth-order valence-corrected chi connectivity index (χ4v) is 1.20. The highest BCUT2D eigenvalue weighted by Gasteiger charge is 2.14. The predicted molar refractivity (Wildman–Crippen MR) is 56.7 cm³/mol. The Kier molecular flexibility index (Phi) is 3.84. The molecule has 4 nitrogen and oxygen atoms in total. The van der Waals surface area contributed by atoms with Gasteiger partial charge in [0.2, 0.25) is 0 Å². The largest absolute Gasteiger partial charge is 0.479 e. The number of benzene rings is 1. The van der Waals surface area contributed by atoms with Gasteiger partial charge >= 0.3 is 5.97 Å². The van der Waals surface area contributed by atoms with E-state index in [9.17, 15) is 9.18 Å². The van der Waals surface area contributed by atoms with Gasteiger partial charge in [-0.05, 0) is 19.9 Å². The van der Waals surface area contributed by atoms with Crippen LogP contribution in [0.3, 0.4) is 0 Å². The topological polar surface area (TPSA) is 72.5 Å². The Morgan fingerprint density at radius 2 is 2.12 bits per heavy atom. The molecule has 2 atom stereocenters. The van der Waals surface area contributed by atoms with Gasteiger partial charge in [0.25, 0.3) is 0 Å². The van der Waals surface area contributed by atoms with Gasteiger partial charge in [0.15, 0.2) is 6.10 Å². The molecule has 0 aliphatic carbocycles. The van der Waals surface area contributed by atoms with Gasteiger partial charge in [-0.25, -0.2) is 9.18 Å². The normalized spacial score (nSPS) is 14.2. The van der Waals surface area contributed by atoms with Crippen LogP contribution in [0.1, 0.15) is 25.5 Å². The average molecular weight is 227 g/mol. The number of ether oxygens (including phenoxy) is 1. The lowest BCUT2D eigenvalue weighted by molar-refractivity contribution is -0.144. The van der Waals surface area contributed by atoms with Crippen molar-refractivity contribution >= 4 is 5.97 Å². The number of hydrogen-bond donors (Lipinski definition) is 2. The Balaban J connectivity index is 2.85. The fourth-order valence-electron chi connectivity index (χ4n) is 1.20. The number of hydrogen-bond acceptors (Lipinski definition) is 3. The lowest BCUT2D eigenvalue weighted by Crippen LogP contribution is -2.23. The second-order valence-corrected chi connectivity index (χ2v) is 3.57. The molecular weight excluding hydrogens is 213 g/mol. The molecule has 0 heterocycles. The van der Waals surface area contributed by atoms with Crippen molar-refractivity contribution in [2.75, 3.05) is 0 Å². The number of rotatable bonds is 4. The van der Waals surface area contributed by atoms with Crippen LogP contribution in [0, 0.1) is 5.82 Å². The highest BCUT2D eigenvalue weighted by molar-refractivity contribution is 5.72. The summed E-state index contributed by atoms with van der Waals surface area (Å²) in [6.07, 6.45) is -1.01. The van der Waals surface area contributed by atoms with Gasteiger partial charge in [0, 0.05) is 17.7 Å². The van der Waals surface area contributed by atoms with E-state index in [1.807, 2.05) is 0 Å². The number of nitrogens with two attached hydrogens (primary N) is 1. The Hall–Kier alpha value is -1.62. The molecule has 0 saturated heterocycles. The zero-order valence-electron chi connectivity index (χ0n) is 9.11. The van der Waals surface area contributed by atoms with E-state index in [2.05, 4.69) is 0 Å². The van der Waals surface area contributed by atoms with Crippen molar-refractivity contribution in [1.29, 1.82) is 0 Å². The van der Waals surface area contributed by atoms with E-state index in [1.165, 1.54) is 19.1 Å². The molecule has 0 aliphatic rings. The molecule has 0 spiro atoms. The van der Waals surface area contributed by atoms with Crippen LogP contribution in [0.25, 0.3) is 0 Å². The molecule has 0 amide bonds. The Morgan fingerprint density at radius 1 is 1.50 bits per heavy atom. The highest BCUT2D eigenvalue weighted by atomic mass is 19.1. The molecule has 88 valence electrons. The summed E-state index contributed by atoms with van der Waals surface area (Å²) in [6, 6.07) is 3.72. The van der Waals surface area contributed by atoms with Crippen LogP contribution in [-0.2, 0) is 4.79 Å². The second kappa shape index (κ2) is 4.94. The van der Waals surface area contributed by atoms with Crippen LogP contribution in [0.5, 0.6) is 5.75 Å². The maximum absolute atomic E-state index is 13.4. The zero-order valence-corrected chi connectivity index (χ0v) is 9.11. The third kappa shape index (κ3) is 2.93. The molecule has 5 heteroatoms. The number of halogens is 1. The molecule has 1 rings (SSSR count). The molecule has 0 aliphatic heterocycles. The summed E-state index contributed by atoms with van der Waals surface area (Å²) in [5.74, 6) is -1.42. The SMILES string of the molecule is CC(Oc1ccc([C@H](C)N)c(F)c1)C(=O)O. The molecule has 0 aromatic heterocycles. The summed E-state index contributed by atoms with van der Waals surface area (Å²) < 4.78 is 18.5. The minimum atomic E-state index is -1.10. The number of carbonyl (C=O) groups is 1. The van der Waals surface area contributed by atoms with Crippen molar-refractivity contribution in [3.8, 4) is 5.75 Å². The Labute approximate surface area is 92.8 Å². The third-order valence-electron chi connectivity index (χ3n) is 2.12. The van der Waals surface area contributed by atoms with Crippen molar-refractivity contribution < 1.29 is 19.0 Å². The van der Waals surface area contributed by atoms with Crippen LogP contribution < -0.4 is 10.5 Å². The summed E-state index contributed by atoms with van der Waals surface area (Å²) in [5.41, 5.74) is 5.91. The third-order valence-corrected chi connectivity index (χ3v) is 2.12. The van der Waals surface area contributed by atoms with E-state index in [4.69, 9.17) is 15.6 Å². The Morgan fingerprint density at radius 3 is 2.56 bits per heavy atom. The molecule has 1 aromatic carbocycles. The van der Waals surface area contributed by atoms with Crippen LogP contribution in [0.2, 0.25) is 0 Å². The maximum Gasteiger partial charge on any atom is 0.344 e. The van der Waals surface area contributed by atoms with Crippen LogP contribution in [-0.4, -0.2) is 17.2 Å². The van der Waals surface area contributed by atoms with Gasteiger partial charge in [-0.2, -0.15) is 0 Å². The first kappa shape index (κ1) is 12.4. The minimum Gasteiger partial charge on any atom is -0.479 e. The van der Waals surface area contributed by atoms with Crippen LogP contribution >= 0.6 is 0 Å². The summed E-state index contributed by atoms with van der Waals surface area (Å²) in [7, 11) is 0. The van der Waals surface area contributed by atoms with Crippen molar-refractivity contribution in [1.82, 2.24) is 0 Å². The van der Waals surface area contributed by atoms with Gasteiger partial charge in [0.05, 0.1) is 0 Å². The first-order valence-electron chi connectivity index (χ1n) is 4.86. The predicted octanol–water partition coefficient (Wildman–Crippen LogP) is 1.70. The molecule has 0 fully saturated rings. The van der Waals surface area contributed by atoms with E-state index < -0.39 is 23.9 Å². The van der Waals surface area contributed by atoms with E-state index in [0.717, 1.165) is 6.07 Å². The summed E-state index contributed by atoms with van der Waals surface area (Å²) in [4.78, 5) is 10.5. The van der Waals surface area contributed by atoms with Gasteiger partial charge in [0.1, 0.15) is 11.6 Å². The first-order chi connectivity index (χ1) is 7.41. The van der Waals surface area contributed by atoms with E-state index in [-0.39, 0.29) is 5.75 Å². The fraction of sp³-hybridized carbons (Fsp3) is 0.364. The lowest BCUT2D eigenvalue weighted by Gasteiger charge is -2.12. The minimum absolute atomic E-state index is 0.178. The Bertz CT molecular complexity index is 393. The smallest absolute Gasteiger partial charge is 0.344 e. The number of carboxylic acid groups (broad SMARTS) is 1. The summed E-state index contributed by atoms with van der Waals surface area (Å²) in [6.45, 7) is 3.04. The highest BCUT2D eigenvalue weighted by Crippen LogP contribution is 2.21. The van der Waals surface area contributed by atoms with Crippen LogP contribution in [0.15, 0.2) is 18.2 Å². The first-order valence-corrected chi connectivity index (χ1v) is 4.86. The number of aliphatic carboxylic acids is 1. The molecule has 0 bridgehead atoms. The van der Waals surface area contributed by atoms with Crippen molar-refractivity contribution in [2.24, 2.45) is 5.73 Å². The molecular formula is C11H14FNO3. The quantitative estimate of drug-likeness (QED) is 0.821. The zero-order chi connectivity index (χ0) is 12.3. The molecule has 1 aromatic rings. The number of carboxylic acids is 1.